The standard InChI is InChI=1S/C27H31N5O2/c1-30-23-10-8-19(27(33)31-11-3-4-20(28)16-31)12-22(23)29-26(30)25-13-18-7-9-21(34-2)14-24(18)32(25)15-17-5-6-17/h7-10,12-14,17,20H,3-6,11,15-16,28H2,1-2H3. The molecule has 1 saturated carbocycles. The second kappa shape index (κ2) is 8.17. The number of nitrogens with zero attached hydrogens (tertiary/aromatic N) is 4. The smallest absolute Gasteiger partial charge is 0.253 e. The molecule has 3 heterocycles. The van der Waals surface area contributed by atoms with Gasteiger partial charge in [-0.25, -0.2) is 4.98 Å². The Balaban J connectivity index is 1.42. The lowest BCUT2D eigenvalue weighted by Crippen LogP contribution is -2.45. The zero-order chi connectivity index (χ0) is 23.4. The molecule has 1 atom stereocenters. The Morgan fingerprint density at radius 1 is 1.12 bits per heavy atom. The van der Waals surface area contributed by atoms with Crippen molar-refractivity contribution < 1.29 is 9.53 Å². The number of benzene rings is 2. The topological polar surface area (TPSA) is 78.3 Å². The number of aryl methyl sites for hydroxylation is 1. The number of methoxy groups -OCH3 is 1. The molecule has 1 amide bonds. The van der Waals surface area contributed by atoms with Crippen molar-refractivity contribution in [3.8, 4) is 17.3 Å². The number of carbonyl (C=O) groups is 1. The Hall–Kier alpha value is -3.32. The molecule has 2 aromatic carbocycles. The number of nitrogens with two attached hydrogens (primary N) is 1. The van der Waals surface area contributed by atoms with Crippen LogP contribution in [-0.2, 0) is 13.6 Å². The van der Waals surface area contributed by atoms with Crippen molar-refractivity contribution in [1.82, 2.24) is 19.0 Å². The largest absolute Gasteiger partial charge is 0.497 e. The van der Waals surface area contributed by atoms with Crippen LogP contribution in [0.4, 0.5) is 0 Å². The molecule has 1 unspecified atom stereocenters. The summed E-state index contributed by atoms with van der Waals surface area (Å²) < 4.78 is 10.0. The number of aromatic nitrogens is 3. The van der Waals surface area contributed by atoms with Crippen molar-refractivity contribution in [2.75, 3.05) is 20.2 Å². The first-order valence-electron chi connectivity index (χ1n) is 12.2. The van der Waals surface area contributed by atoms with Crippen LogP contribution in [0.2, 0.25) is 0 Å². The number of imidazole rings is 1. The van der Waals surface area contributed by atoms with E-state index < -0.39 is 0 Å². The maximum atomic E-state index is 13.1. The van der Waals surface area contributed by atoms with Crippen LogP contribution in [0.3, 0.4) is 0 Å². The third-order valence-electron chi connectivity index (χ3n) is 7.35. The van der Waals surface area contributed by atoms with Crippen LogP contribution in [0.5, 0.6) is 5.75 Å². The number of hydrogen-bond acceptors (Lipinski definition) is 4. The minimum absolute atomic E-state index is 0.0409. The Morgan fingerprint density at radius 3 is 2.74 bits per heavy atom. The molecule has 2 N–H and O–H groups in total. The Morgan fingerprint density at radius 2 is 1.97 bits per heavy atom. The maximum absolute atomic E-state index is 13.1. The highest BCUT2D eigenvalue weighted by Crippen LogP contribution is 2.37. The summed E-state index contributed by atoms with van der Waals surface area (Å²) in [6.07, 6.45) is 4.49. The van der Waals surface area contributed by atoms with E-state index in [-0.39, 0.29) is 11.9 Å². The summed E-state index contributed by atoms with van der Waals surface area (Å²) in [6.45, 7) is 2.37. The van der Waals surface area contributed by atoms with E-state index in [4.69, 9.17) is 15.5 Å². The maximum Gasteiger partial charge on any atom is 0.253 e. The Kier molecular flexibility index (Phi) is 5.10. The van der Waals surface area contributed by atoms with Gasteiger partial charge in [0.1, 0.15) is 5.75 Å². The quantitative estimate of drug-likeness (QED) is 0.488. The van der Waals surface area contributed by atoms with Crippen molar-refractivity contribution in [1.29, 1.82) is 0 Å². The molecule has 1 aliphatic carbocycles. The van der Waals surface area contributed by atoms with E-state index in [0.717, 1.165) is 60.2 Å². The summed E-state index contributed by atoms with van der Waals surface area (Å²) in [5.41, 5.74) is 10.9. The fraction of sp³-hybridized carbons (Fsp3) is 0.407. The zero-order valence-corrected chi connectivity index (χ0v) is 19.8. The molecule has 7 heteroatoms. The molecule has 0 spiro atoms. The van der Waals surface area contributed by atoms with Crippen LogP contribution >= 0.6 is 0 Å². The second-order valence-electron chi connectivity index (χ2n) is 9.86. The second-order valence-corrected chi connectivity index (χ2v) is 9.86. The van der Waals surface area contributed by atoms with Crippen molar-refractivity contribution in [2.24, 2.45) is 18.7 Å². The minimum Gasteiger partial charge on any atom is -0.497 e. The molecule has 7 nitrogen and oxygen atoms in total. The van der Waals surface area contributed by atoms with Gasteiger partial charge in [0.05, 0.1) is 29.4 Å². The number of carbonyl (C=O) groups excluding carboxylic acids is 1. The summed E-state index contributed by atoms with van der Waals surface area (Å²) in [7, 11) is 3.76. The molecule has 2 aromatic heterocycles. The average Bonchev–Trinajstić information content (AvgIpc) is 3.53. The molecule has 0 radical (unpaired) electrons. The molecule has 176 valence electrons. The van der Waals surface area contributed by atoms with Gasteiger partial charge >= 0.3 is 0 Å². The number of amides is 1. The lowest BCUT2D eigenvalue weighted by Gasteiger charge is -2.30. The van der Waals surface area contributed by atoms with E-state index in [0.29, 0.717) is 12.1 Å². The monoisotopic (exact) mass is 457 g/mol. The summed E-state index contributed by atoms with van der Waals surface area (Å²) in [5, 5.41) is 1.18. The van der Waals surface area contributed by atoms with Gasteiger partial charge in [-0.05, 0) is 68.0 Å². The zero-order valence-electron chi connectivity index (χ0n) is 19.8. The van der Waals surface area contributed by atoms with E-state index in [1.165, 1.54) is 23.7 Å². The Bertz CT molecular complexity index is 1400. The molecular formula is C27H31N5O2. The van der Waals surface area contributed by atoms with Gasteiger partial charge in [0, 0.05) is 49.7 Å². The SMILES string of the molecule is COc1ccc2cc(-c3nc4cc(C(=O)N5CCCC(N)C5)ccc4n3C)n(CC3CC3)c2c1. The van der Waals surface area contributed by atoms with Gasteiger partial charge in [0.25, 0.3) is 5.91 Å². The highest BCUT2D eigenvalue weighted by atomic mass is 16.5. The molecule has 6 rings (SSSR count). The average molecular weight is 458 g/mol. The summed E-state index contributed by atoms with van der Waals surface area (Å²) in [5.74, 6) is 2.53. The summed E-state index contributed by atoms with van der Waals surface area (Å²) in [4.78, 5) is 20.0. The van der Waals surface area contributed by atoms with Crippen molar-refractivity contribution in [2.45, 2.75) is 38.3 Å². The van der Waals surface area contributed by atoms with Crippen LogP contribution < -0.4 is 10.5 Å². The first-order chi connectivity index (χ1) is 16.5. The number of piperidine rings is 1. The molecular weight excluding hydrogens is 426 g/mol. The summed E-state index contributed by atoms with van der Waals surface area (Å²) >= 11 is 0. The normalized spacial score (nSPS) is 18.7. The first kappa shape index (κ1) is 21.2. The Labute approximate surface area is 199 Å². The highest BCUT2D eigenvalue weighted by molar-refractivity contribution is 5.98. The number of fused-ring (bicyclic) bond motifs is 2. The fourth-order valence-corrected chi connectivity index (χ4v) is 5.24. The van der Waals surface area contributed by atoms with Gasteiger partial charge in [-0.1, -0.05) is 0 Å². The highest BCUT2D eigenvalue weighted by Gasteiger charge is 2.26. The molecule has 4 aromatic rings. The van der Waals surface area contributed by atoms with Gasteiger partial charge in [-0.2, -0.15) is 0 Å². The molecule has 0 bridgehead atoms. The van der Waals surface area contributed by atoms with Gasteiger partial charge in [0.2, 0.25) is 0 Å². The molecule has 1 saturated heterocycles. The van der Waals surface area contributed by atoms with Crippen LogP contribution in [0.25, 0.3) is 33.5 Å². The minimum atomic E-state index is 0.0409. The van der Waals surface area contributed by atoms with Crippen molar-refractivity contribution >= 4 is 27.8 Å². The number of likely N-dealkylation sites (tertiary alicyclic amines) is 1. The molecule has 2 aliphatic rings. The molecule has 34 heavy (non-hydrogen) atoms. The number of ether oxygens (including phenoxy) is 1. The fourth-order valence-electron chi connectivity index (χ4n) is 5.24. The number of hydrogen-bond donors (Lipinski definition) is 1. The van der Waals surface area contributed by atoms with Gasteiger partial charge < -0.3 is 24.5 Å². The van der Waals surface area contributed by atoms with E-state index >= 15 is 0 Å². The van der Waals surface area contributed by atoms with Gasteiger partial charge in [0.15, 0.2) is 5.82 Å². The predicted octanol–water partition coefficient (Wildman–Crippen LogP) is 4.18. The van der Waals surface area contributed by atoms with Crippen LogP contribution in [0.15, 0.2) is 42.5 Å². The van der Waals surface area contributed by atoms with E-state index in [1.54, 1.807) is 7.11 Å². The van der Waals surface area contributed by atoms with E-state index in [2.05, 4.69) is 34.4 Å². The lowest BCUT2D eigenvalue weighted by molar-refractivity contribution is 0.0709. The lowest BCUT2D eigenvalue weighted by atomic mass is 10.1. The van der Waals surface area contributed by atoms with Gasteiger partial charge in [-0.15, -0.1) is 0 Å². The molecule has 2 fully saturated rings. The summed E-state index contributed by atoms with van der Waals surface area (Å²) in [6, 6.07) is 14.4. The van der Waals surface area contributed by atoms with Crippen molar-refractivity contribution in [3.63, 3.8) is 0 Å². The van der Waals surface area contributed by atoms with E-state index in [1.807, 2.05) is 29.2 Å². The predicted molar refractivity (Wildman–Crippen MR) is 134 cm³/mol. The van der Waals surface area contributed by atoms with Crippen LogP contribution in [0.1, 0.15) is 36.0 Å². The van der Waals surface area contributed by atoms with Crippen LogP contribution in [0, 0.1) is 5.92 Å². The van der Waals surface area contributed by atoms with E-state index in [9.17, 15) is 4.79 Å². The third kappa shape index (κ3) is 3.64. The third-order valence-corrected chi connectivity index (χ3v) is 7.35. The molecule has 1 aliphatic heterocycles. The first-order valence-corrected chi connectivity index (χ1v) is 12.2. The van der Waals surface area contributed by atoms with Gasteiger partial charge in [-0.3, -0.25) is 4.79 Å². The van der Waals surface area contributed by atoms with Crippen LogP contribution in [-0.4, -0.2) is 51.2 Å². The number of rotatable bonds is 5. The van der Waals surface area contributed by atoms with Crippen molar-refractivity contribution in [3.05, 3.63) is 48.0 Å².